The number of hydrogen-bond donors (Lipinski definition) is 0. The molecule has 0 aliphatic carbocycles. The molecule has 354 valence electrons. The molecular formula is C45H75N3O14. The highest BCUT2D eigenvalue weighted by Gasteiger charge is 2.21. The molecule has 62 heavy (non-hydrogen) atoms. The predicted molar refractivity (Wildman–Crippen MR) is 240 cm³/mol. The van der Waals surface area contributed by atoms with Gasteiger partial charge in [0.1, 0.15) is 36.6 Å². The standard InChI is InChI=1S/C45H75N3O14/c1-9-17-49-27-40(57-21-13-5)31-55-35-42(61-37-44(59-23-15-7)29-51-19-11-3)33-53-25-39(47-48-46)26-54-34-43(62-38-45(60-24-16-8)30-52-20-12-4)36-56-32-41(58-22-14-6)28-50-18-10-2/h9-16,39-45H,1-8,17-38H2. The van der Waals surface area contributed by atoms with Crippen molar-refractivity contribution < 1.29 is 66.3 Å². The molecule has 0 spiro atoms. The van der Waals surface area contributed by atoms with E-state index in [9.17, 15) is 5.53 Å². The summed E-state index contributed by atoms with van der Waals surface area (Å²) in [6, 6.07) is -0.688. The van der Waals surface area contributed by atoms with Gasteiger partial charge in [0, 0.05) is 4.91 Å². The third-order valence-corrected chi connectivity index (χ3v) is 7.65. The minimum Gasteiger partial charge on any atom is -0.378 e. The maximum atomic E-state index is 9.39. The quantitative estimate of drug-likeness (QED) is 0.0243. The Hall–Kier alpha value is -3.33. The fraction of sp³-hybridized carbons (Fsp3) is 0.644. The fourth-order valence-electron chi connectivity index (χ4n) is 4.82. The Morgan fingerprint density at radius 2 is 0.532 bits per heavy atom. The minimum atomic E-state index is -0.688. The molecule has 0 saturated heterocycles. The topological polar surface area (TPSA) is 178 Å². The normalized spacial score (nSPS) is 14.6. The van der Waals surface area contributed by atoms with E-state index in [2.05, 4.69) is 62.7 Å². The van der Waals surface area contributed by atoms with E-state index in [1.807, 2.05) is 0 Å². The molecule has 0 aromatic rings. The molecule has 0 aromatic heterocycles. The van der Waals surface area contributed by atoms with E-state index in [1.54, 1.807) is 48.6 Å². The summed E-state index contributed by atoms with van der Waals surface area (Å²) < 4.78 is 82.2. The van der Waals surface area contributed by atoms with E-state index in [1.165, 1.54) is 0 Å². The molecule has 0 rings (SSSR count). The Balaban J connectivity index is 5.72. The highest BCUT2D eigenvalue weighted by molar-refractivity contribution is 4.74. The van der Waals surface area contributed by atoms with Crippen molar-refractivity contribution in [3.05, 3.63) is 112 Å². The molecule has 0 fully saturated rings. The van der Waals surface area contributed by atoms with Gasteiger partial charge in [-0.3, -0.25) is 0 Å². The second-order valence-electron chi connectivity index (χ2n) is 13.2. The SMILES string of the molecule is C=CCOCC(COCC(COCC(COCC(COCC(COCC=C)OCC=C)OCC(COCC=C)OCC=C)N=[N+]=[N-])OCC(COCC=C)OCC=C)OCC=C. The van der Waals surface area contributed by atoms with Gasteiger partial charge in [-0.05, 0) is 5.53 Å². The monoisotopic (exact) mass is 882 g/mol. The van der Waals surface area contributed by atoms with Crippen LogP contribution in [0.5, 0.6) is 0 Å². The zero-order chi connectivity index (χ0) is 45.6. The first-order valence-electron chi connectivity index (χ1n) is 20.7. The van der Waals surface area contributed by atoms with Crippen LogP contribution < -0.4 is 0 Å². The van der Waals surface area contributed by atoms with Crippen LogP contribution in [-0.2, 0) is 66.3 Å². The fourth-order valence-corrected chi connectivity index (χ4v) is 4.82. The van der Waals surface area contributed by atoms with Crippen molar-refractivity contribution in [1.29, 1.82) is 0 Å². The second-order valence-corrected chi connectivity index (χ2v) is 13.2. The summed E-state index contributed by atoms with van der Waals surface area (Å²) in [6.07, 6.45) is 10.6. The van der Waals surface area contributed by atoms with Crippen LogP contribution in [0, 0.1) is 0 Å². The van der Waals surface area contributed by atoms with Crippen LogP contribution in [0.4, 0.5) is 0 Å². The predicted octanol–water partition coefficient (Wildman–Crippen LogP) is 5.60. The molecule has 0 heterocycles. The van der Waals surface area contributed by atoms with Crippen LogP contribution in [0.25, 0.3) is 10.4 Å². The van der Waals surface area contributed by atoms with Crippen LogP contribution in [0.2, 0.25) is 0 Å². The first-order valence-corrected chi connectivity index (χ1v) is 20.7. The van der Waals surface area contributed by atoms with Gasteiger partial charge < -0.3 is 66.3 Å². The van der Waals surface area contributed by atoms with E-state index in [0.717, 1.165) is 0 Å². The Bertz CT molecular complexity index is 1110. The molecule has 0 amide bonds. The van der Waals surface area contributed by atoms with E-state index in [4.69, 9.17) is 66.3 Å². The number of azide groups is 1. The van der Waals surface area contributed by atoms with Crippen molar-refractivity contribution in [3.8, 4) is 0 Å². The molecule has 0 aliphatic rings. The van der Waals surface area contributed by atoms with Crippen LogP contribution >= 0.6 is 0 Å². The molecule has 0 aromatic carbocycles. The van der Waals surface area contributed by atoms with Gasteiger partial charge in [-0.15, -0.1) is 52.6 Å². The van der Waals surface area contributed by atoms with Crippen LogP contribution in [-0.4, -0.2) is 188 Å². The lowest BCUT2D eigenvalue weighted by Crippen LogP contribution is -2.36. The van der Waals surface area contributed by atoms with Gasteiger partial charge in [0.15, 0.2) is 0 Å². The van der Waals surface area contributed by atoms with Gasteiger partial charge in [-0.1, -0.05) is 53.7 Å². The number of nitrogens with zero attached hydrogens (tertiary/aromatic N) is 3. The van der Waals surface area contributed by atoms with Gasteiger partial charge in [-0.25, -0.2) is 0 Å². The van der Waals surface area contributed by atoms with Gasteiger partial charge in [0.2, 0.25) is 0 Å². The maximum Gasteiger partial charge on any atom is 0.105 e. The Morgan fingerprint density at radius 1 is 0.306 bits per heavy atom. The summed E-state index contributed by atoms with van der Waals surface area (Å²) >= 11 is 0. The van der Waals surface area contributed by atoms with Crippen molar-refractivity contribution >= 4 is 0 Å². The summed E-state index contributed by atoms with van der Waals surface area (Å²) in [7, 11) is 0. The third-order valence-electron chi connectivity index (χ3n) is 7.65. The summed E-state index contributed by atoms with van der Waals surface area (Å²) in [5.74, 6) is 0. The molecule has 0 bridgehead atoms. The average Bonchev–Trinajstić information content (AvgIpc) is 3.27. The van der Waals surface area contributed by atoms with Gasteiger partial charge in [0.25, 0.3) is 0 Å². The molecule has 6 atom stereocenters. The molecule has 0 radical (unpaired) electrons. The molecule has 0 N–H and O–H groups in total. The summed E-state index contributed by atoms with van der Waals surface area (Å²) in [5.41, 5.74) is 9.39. The Morgan fingerprint density at radius 3 is 0.790 bits per heavy atom. The first kappa shape index (κ1) is 58.7. The lowest BCUT2D eigenvalue weighted by molar-refractivity contribution is -0.121. The Labute approximate surface area is 370 Å². The smallest absolute Gasteiger partial charge is 0.105 e. The maximum absolute atomic E-state index is 9.39. The van der Waals surface area contributed by atoms with E-state index in [-0.39, 0.29) is 91.5 Å². The lowest BCUT2D eigenvalue weighted by Gasteiger charge is -2.25. The molecule has 17 heteroatoms. The van der Waals surface area contributed by atoms with Gasteiger partial charge in [0.05, 0.1) is 151 Å². The minimum absolute atomic E-state index is 0.0242. The first-order chi connectivity index (χ1) is 30.4. The molecule has 0 aliphatic heterocycles. The van der Waals surface area contributed by atoms with Crippen molar-refractivity contribution in [3.63, 3.8) is 0 Å². The van der Waals surface area contributed by atoms with E-state index >= 15 is 0 Å². The van der Waals surface area contributed by atoms with Crippen LogP contribution in [0.15, 0.2) is 106 Å². The number of hydrogen-bond acceptors (Lipinski definition) is 15. The molecule has 6 unspecified atom stereocenters. The number of rotatable bonds is 51. The zero-order valence-electron chi connectivity index (χ0n) is 36.9. The van der Waals surface area contributed by atoms with Gasteiger partial charge in [-0.2, -0.15) is 0 Å². The van der Waals surface area contributed by atoms with Crippen LogP contribution in [0.1, 0.15) is 0 Å². The van der Waals surface area contributed by atoms with Crippen molar-refractivity contribution in [2.45, 2.75) is 42.7 Å². The molecular weight excluding hydrogens is 807 g/mol. The number of ether oxygens (including phenoxy) is 14. The van der Waals surface area contributed by atoms with E-state index < -0.39 is 30.5 Å². The highest BCUT2D eigenvalue weighted by Crippen LogP contribution is 2.08. The van der Waals surface area contributed by atoms with Gasteiger partial charge >= 0.3 is 0 Å². The summed E-state index contributed by atoms with van der Waals surface area (Å²) in [4.78, 5) is 3.01. The largest absolute Gasteiger partial charge is 0.378 e. The molecule has 17 nitrogen and oxygen atoms in total. The van der Waals surface area contributed by atoms with E-state index in [0.29, 0.717) is 66.1 Å². The van der Waals surface area contributed by atoms with Crippen molar-refractivity contribution in [2.75, 3.05) is 145 Å². The zero-order valence-corrected chi connectivity index (χ0v) is 36.9. The third kappa shape index (κ3) is 36.2. The summed E-state index contributed by atoms with van der Waals surface area (Å²) in [6.45, 7) is 34.9. The van der Waals surface area contributed by atoms with Crippen LogP contribution in [0.3, 0.4) is 0 Å². The average molecular weight is 882 g/mol. The lowest BCUT2D eigenvalue weighted by atomic mass is 10.3. The Kier molecular flexibility index (Phi) is 43.2. The summed E-state index contributed by atoms with van der Waals surface area (Å²) in [5, 5.41) is 3.90. The second kappa shape index (κ2) is 45.7. The van der Waals surface area contributed by atoms with Crippen molar-refractivity contribution in [2.24, 2.45) is 5.11 Å². The molecule has 0 saturated carbocycles. The van der Waals surface area contributed by atoms with Crippen molar-refractivity contribution in [1.82, 2.24) is 0 Å². The highest BCUT2D eigenvalue weighted by atomic mass is 16.6.